The first kappa shape index (κ1) is 15.4. The smallest absolute Gasteiger partial charge is 0.347 e. The minimum atomic E-state index is -0.930. The minimum absolute atomic E-state index is 0.0744. The standard InChI is InChI=1S/C17H14N2O6/c1-9-6-12(17(22)23-9)24-13(20)7-19-8-18-14-10-4-2-3-5-11(10)25-15(14)16(19)21/h2-5,8-9,12H,6-7H2,1H3/t9-,12-/m1/s1. The molecule has 4 rings (SSSR count). The molecule has 3 aromatic rings. The number of carbonyl (C=O) groups is 2. The Morgan fingerprint density at radius 1 is 1.36 bits per heavy atom. The third-order valence-electron chi connectivity index (χ3n) is 4.05. The first-order valence-electron chi connectivity index (χ1n) is 7.79. The summed E-state index contributed by atoms with van der Waals surface area (Å²) in [5.74, 6) is -1.28. The van der Waals surface area contributed by atoms with Crippen LogP contribution in [0, 0.1) is 0 Å². The Hall–Kier alpha value is -3.16. The summed E-state index contributed by atoms with van der Waals surface area (Å²) in [4.78, 5) is 40.3. The molecule has 1 aliphatic rings. The number of furan rings is 1. The van der Waals surface area contributed by atoms with Crippen molar-refractivity contribution >= 4 is 34.0 Å². The Morgan fingerprint density at radius 2 is 2.16 bits per heavy atom. The Balaban J connectivity index is 1.60. The summed E-state index contributed by atoms with van der Waals surface area (Å²) < 4.78 is 16.7. The highest BCUT2D eigenvalue weighted by Crippen LogP contribution is 2.24. The number of hydrogen-bond acceptors (Lipinski definition) is 7. The van der Waals surface area contributed by atoms with Crippen molar-refractivity contribution in [1.82, 2.24) is 9.55 Å². The molecule has 128 valence electrons. The van der Waals surface area contributed by atoms with Gasteiger partial charge < -0.3 is 13.9 Å². The van der Waals surface area contributed by atoms with Crippen LogP contribution in [0.2, 0.25) is 0 Å². The topological polar surface area (TPSA) is 101 Å². The van der Waals surface area contributed by atoms with Crippen molar-refractivity contribution in [1.29, 1.82) is 0 Å². The molecule has 0 unspecified atom stereocenters. The number of nitrogens with zero attached hydrogens (tertiary/aromatic N) is 2. The van der Waals surface area contributed by atoms with Crippen LogP contribution in [0.3, 0.4) is 0 Å². The Bertz CT molecular complexity index is 1050. The molecule has 1 aliphatic heterocycles. The van der Waals surface area contributed by atoms with Crippen LogP contribution in [0.5, 0.6) is 0 Å². The van der Waals surface area contributed by atoms with E-state index in [9.17, 15) is 14.4 Å². The van der Waals surface area contributed by atoms with Crippen molar-refractivity contribution in [2.75, 3.05) is 0 Å². The second kappa shape index (κ2) is 5.73. The number of para-hydroxylation sites is 1. The lowest BCUT2D eigenvalue weighted by Crippen LogP contribution is -2.29. The minimum Gasteiger partial charge on any atom is -0.460 e. The average Bonchev–Trinajstić information content (AvgIpc) is 3.10. The lowest BCUT2D eigenvalue weighted by molar-refractivity contribution is -0.161. The second-order valence-electron chi connectivity index (χ2n) is 5.92. The number of fused-ring (bicyclic) bond motifs is 3. The van der Waals surface area contributed by atoms with Gasteiger partial charge in [0.05, 0.1) is 6.33 Å². The molecule has 1 aromatic carbocycles. The van der Waals surface area contributed by atoms with Crippen molar-refractivity contribution in [2.24, 2.45) is 0 Å². The van der Waals surface area contributed by atoms with E-state index in [4.69, 9.17) is 13.9 Å². The van der Waals surface area contributed by atoms with Gasteiger partial charge in [0.25, 0.3) is 5.56 Å². The molecule has 0 saturated carbocycles. The molecule has 0 N–H and O–H groups in total. The lowest BCUT2D eigenvalue weighted by Gasteiger charge is -2.09. The van der Waals surface area contributed by atoms with Crippen molar-refractivity contribution in [3.05, 3.63) is 40.9 Å². The van der Waals surface area contributed by atoms with Crippen molar-refractivity contribution < 1.29 is 23.5 Å². The molecule has 3 heterocycles. The predicted octanol–water partition coefficient (Wildman–Crippen LogP) is 1.39. The first-order chi connectivity index (χ1) is 12.0. The van der Waals surface area contributed by atoms with Gasteiger partial charge in [0.2, 0.25) is 11.7 Å². The molecule has 8 nitrogen and oxygen atoms in total. The van der Waals surface area contributed by atoms with Gasteiger partial charge in [0, 0.05) is 11.8 Å². The van der Waals surface area contributed by atoms with Gasteiger partial charge in [-0.3, -0.25) is 14.2 Å². The first-order valence-corrected chi connectivity index (χ1v) is 7.79. The Labute approximate surface area is 140 Å². The molecule has 0 aliphatic carbocycles. The van der Waals surface area contributed by atoms with E-state index in [1.165, 1.54) is 6.33 Å². The van der Waals surface area contributed by atoms with Gasteiger partial charge in [-0.25, -0.2) is 9.78 Å². The fourth-order valence-corrected chi connectivity index (χ4v) is 2.88. The Morgan fingerprint density at radius 3 is 2.92 bits per heavy atom. The monoisotopic (exact) mass is 342 g/mol. The summed E-state index contributed by atoms with van der Waals surface area (Å²) in [7, 11) is 0. The highest BCUT2D eigenvalue weighted by Gasteiger charge is 2.35. The van der Waals surface area contributed by atoms with Gasteiger partial charge in [0.15, 0.2) is 0 Å². The van der Waals surface area contributed by atoms with E-state index in [-0.39, 0.29) is 18.2 Å². The number of esters is 2. The largest absolute Gasteiger partial charge is 0.460 e. The molecule has 1 saturated heterocycles. The highest BCUT2D eigenvalue weighted by atomic mass is 16.6. The number of cyclic esters (lactones) is 1. The van der Waals surface area contributed by atoms with E-state index in [1.807, 2.05) is 6.07 Å². The van der Waals surface area contributed by atoms with E-state index in [0.717, 1.165) is 9.95 Å². The van der Waals surface area contributed by atoms with Crippen LogP contribution >= 0.6 is 0 Å². The molecule has 8 heteroatoms. The van der Waals surface area contributed by atoms with E-state index in [0.29, 0.717) is 17.5 Å². The van der Waals surface area contributed by atoms with Crippen LogP contribution in [0.1, 0.15) is 13.3 Å². The third-order valence-corrected chi connectivity index (χ3v) is 4.05. The van der Waals surface area contributed by atoms with Crippen molar-refractivity contribution in [2.45, 2.75) is 32.1 Å². The second-order valence-corrected chi connectivity index (χ2v) is 5.92. The molecule has 1 fully saturated rings. The number of hydrogen-bond donors (Lipinski definition) is 0. The molecule has 25 heavy (non-hydrogen) atoms. The highest BCUT2D eigenvalue weighted by molar-refractivity contribution is 6.01. The van der Waals surface area contributed by atoms with Crippen LogP contribution < -0.4 is 5.56 Å². The van der Waals surface area contributed by atoms with Crippen LogP contribution in [-0.4, -0.2) is 33.7 Å². The maximum atomic E-state index is 12.5. The third kappa shape index (κ3) is 2.65. The van der Waals surface area contributed by atoms with E-state index < -0.39 is 23.6 Å². The molecule has 0 amide bonds. The van der Waals surface area contributed by atoms with Crippen molar-refractivity contribution in [3.8, 4) is 0 Å². The molecule has 2 aromatic heterocycles. The summed E-state index contributed by atoms with van der Waals surface area (Å²) in [6.07, 6.45) is 0.353. The van der Waals surface area contributed by atoms with Gasteiger partial charge in [-0.15, -0.1) is 0 Å². The number of rotatable bonds is 3. The molecular weight excluding hydrogens is 328 g/mol. The molecule has 0 spiro atoms. The van der Waals surface area contributed by atoms with Crippen LogP contribution in [0.4, 0.5) is 0 Å². The zero-order valence-corrected chi connectivity index (χ0v) is 13.3. The lowest BCUT2D eigenvalue weighted by atomic mass is 10.2. The van der Waals surface area contributed by atoms with Crippen LogP contribution in [0.25, 0.3) is 22.1 Å². The van der Waals surface area contributed by atoms with Gasteiger partial charge in [-0.05, 0) is 19.1 Å². The number of carbonyl (C=O) groups excluding carboxylic acids is 2. The van der Waals surface area contributed by atoms with Gasteiger partial charge >= 0.3 is 11.9 Å². The molecule has 0 bridgehead atoms. The van der Waals surface area contributed by atoms with Crippen LogP contribution in [-0.2, 0) is 25.6 Å². The van der Waals surface area contributed by atoms with Gasteiger partial charge in [-0.1, -0.05) is 12.1 Å². The number of aromatic nitrogens is 2. The van der Waals surface area contributed by atoms with E-state index in [2.05, 4.69) is 4.98 Å². The summed E-state index contributed by atoms with van der Waals surface area (Å²) >= 11 is 0. The normalized spacial score (nSPS) is 20.1. The molecule has 0 radical (unpaired) electrons. The number of ether oxygens (including phenoxy) is 2. The fraction of sp³-hybridized carbons (Fsp3) is 0.294. The summed E-state index contributed by atoms with van der Waals surface area (Å²) in [6, 6.07) is 7.16. The van der Waals surface area contributed by atoms with Crippen molar-refractivity contribution in [3.63, 3.8) is 0 Å². The maximum Gasteiger partial charge on any atom is 0.347 e. The Kier molecular flexibility index (Phi) is 3.52. The summed E-state index contributed by atoms with van der Waals surface area (Å²) in [6.45, 7) is 1.35. The van der Waals surface area contributed by atoms with Gasteiger partial charge in [0.1, 0.15) is 23.7 Å². The summed E-state index contributed by atoms with van der Waals surface area (Å²) in [5.41, 5.74) is 0.578. The quantitative estimate of drug-likeness (QED) is 0.663. The molecular formula is C17H14N2O6. The average molecular weight is 342 g/mol. The van der Waals surface area contributed by atoms with E-state index in [1.54, 1.807) is 25.1 Å². The van der Waals surface area contributed by atoms with Gasteiger partial charge in [-0.2, -0.15) is 0 Å². The van der Waals surface area contributed by atoms with E-state index >= 15 is 0 Å². The predicted molar refractivity (Wildman–Crippen MR) is 85.8 cm³/mol. The fourth-order valence-electron chi connectivity index (χ4n) is 2.88. The summed E-state index contributed by atoms with van der Waals surface area (Å²) in [5, 5.41) is 0.729. The maximum absolute atomic E-state index is 12.5. The number of benzene rings is 1. The SMILES string of the molecule is C[C@@H]1C[C@@H](OC(=O)Cn2cnc3c(oc4ccccc43)c2=O)C(=O)O1. The zero-order chi connectivity index (χ0) is 17.6. The zero-order valence-electron chi connectivity index (χ0n) is 13.3. The molecule has 2 atom stereocenters. The van der Waals surface area contributed by atoms with Crippen LogP contribution in [0.15, 0.2) is 39.8 Å².